The minimum Gasteiger partial charge on any atom is -0.501 e. The Kier molecular flexibility index (Phi) is 4.79. The van der Waals surface area contributed by atoms with Crippen molar-refractivity contribution < 1.29 is 14.3 Å². The van der Waals surface area contributed by atoms with Crippen LogP contribution in [0.15, 0.2) is 24.0 Å². The summed E-state index contributed by atoms with van der Waals surface area (Å²) in [5, 5.41) is 0. The molecule has 3 heteroatoms. The average molecular weight is 238 g/mol. The van der Waals surface area contributed by atoms with Gasteiger partial charge in [0.2, 0.25) is 0 Å². The molecule has 0 aliphatic heterocycles. The van der Waals surface area contributed by atoms with Crippen LogP contribution in [0.2, 0.25) is 0 Å². The van der Waals surface area contributed by atoms with Gasteiger partial charge in [-0.2, -0.15) is 0 Å². The fourth-order valence-electron chi connectivity index (χ4n) is 2.24. The Labute approximate surface area is 103 Å². The number of hydrogen-bond acceptors (Lipinski definition) is 3. The summed E-state index contributed by atoms with van der Waals surface area (Å²) in [7, 11) is 1.35. The lowest BCUT2D eigenvalue weighted by Crippen LogP contribution is -2.29. The second-order valence-corrected chi connectivity index (χ2v) is 5.21. The highest BCUT2D eigenvalue weighted by atomic mass is 16.5. The van der Waals surface area contributed by atoms with Crippen molar-refractivity contribution in [2.24, 2.45) is 11.3 Å². The Hall–Kier alpha value is -1.25. The van der Waals surface area contributed by atoms with Crippen LogP contribution in [-0.4, -0.2) is 19.7 Å². The maximum absolute atomic E-state index is 10.8. The van der Waals surface area contributed by atoms with Crippen molar-refractivity contribution in [3.05, 3.63) is 24.0 Å². The Morgan fingerprint density at radius 2 is 2.29 bits per heavy atom. The molecule has 0 aromatic heterocycles. The number of allylic oxidation sites excluding steroid dienone is 2. The van der Waals surface area contributed by atoms with Crippen LogP contribution in [0.3, 0.4) is 0 Å². The molecule has 1 atom stereocenters. The Bertz CT molecular complexity index is 326. The highest BCUT2D eigenvalue weighted by Crippen LogP contribution is 2.38. The van der Waals surface area contributed by atoms with Crippen LogP contribution < -0.4 is 0 Å². The summed E-state index contributed by atoms with van der Waals surface area (Å²) < 4.78 is 9.89. The van der Waals surface area contributed by atoms with E-state index < -0.39 is 0 Å². The molecule has 0 unspecified atom stereocenters. The number of ether oxygens (including phenoxy) is 2. The summed E-state index contributed by atoms with van der Waals surface area (Å²) in [6.07, 6.45) is 7.33. The largest absolute Gasteiger partial charge is 0.501 e. The van der Waals surface area contributed by atoms with Gasteiger partial charge in [-0.1, -0.05) is 25.5 Å². The number of esters is 1. The molecular formula is C14H22O3. The highest BCUT2D eigenvalue weighted by molar-refractivity contribution is 5.81. The first-order chi connectivity index (χ1) is 7.95. The summed E-state index contributed by atoms with van der Waals surface area (Å²) >= 11 is 0. The Morgan fingerprint density at radius 3 is 2.88 bits per heavy atom. The van der Waals surface area contributed by atoms with E-state index in [1.165, 1.54) is 25.0 Å². The van der Waals surface area contributed by atoms with E-state index in [0.29, 0.717) is 12.5 Å². The number of rotatable bonds is 4. The molecule has 0 fully saturated rings. The topological polar surface area (TPSA) is 35.5 Å². The fourth-order valence-corrected chi connectivity index (χ4v) is 2.24. The van der Waals surface area contributed by atoms with Gasteiger partial charge in [0, 0.05) is 5.92 Å². The fraction of sp³-hybridized carbons (Fsp3) is 0.643. The molecule has 3 nitrogen and oxygen atoms in total. The molecule has 0 saturated carbocycles. The summed E-state index contributed by atoms with van der Waals surface area (Å²) in [6.45, 7) is 7.28. The van der Waals surface area contributed by atoms with E-state index in [-0.39, 0.29) is 11.4 Å². The zero-order chi connectivity index (χ0) is 12.9. The van der Waals surface area contributed by atoms with Crippen molar-refractivity contribution in [2.45, 2.75) is 33.6 Å². The van der Waals surface area contributed by atoms with Crippen LogP contribution >= 0.6 is 0 Å². The van der Waals surface area contributed by atoms with E-state index in [2.05, 4.69) is 31.6 Å². The quantitative estimate of drug-likeness (QED) is 0.327. The third kappa shape index (κ3) is 4.25. The normalized spacial score (nSPS) is 23.3. The van der Waals surface area contributed by atoms with E-state index >= 15 is 0 Å². The molecule has 0 bridgehead atoms. The third-order valence-electron chi connectivity index (χ3n) is 3.36. The van der Waals surface area contributed by atoms with Gasteiger partial charge in [-0.25, -0.2) is 4.79 Å². The molecular weight excluding hydrogens is 216 g/mol. The second-order valence-electron chi connectivity index (χ2n) is 5.21. The predicted molar refractivity (Wildman–Crippen MR) is 67.4 cm³/mol. The lowest BCUT2D eigenvalue weighted by molar-refractivity contribution is -0.135. The summed E-state index contributed by atoms with van der Waals surface area (Å²) in [4.78, 5) is 10.8. The molecule has 1 aliphatic carbocycles. The van der Waals surface area contributed by atoms with Gasteiger partial charge in [0.05, 0.1) is 26.1 Å². The average Bonchev–Trinajstić information content (AvgIpc) is 2.25. The molecule has 0 saturated heterocycles. The van der Waals surface area contributed by atoms with E-state index in [0.717, 1.165) is 12.8 Å². The molecule has 0 radical (unpaired) electrons. The molecule has 0 heterocycles. The van der Waals surface area contributed by atoms with Crippen molar-refractivity contribution in [3.8, 4) is 0 Å². The SMILES string of the molecule is COC(=O)/C=C/OC[C@@H]1CCC(C)=CC1(C)C. The smallest absolute Gasteiger partial charge is 0.333 e. The number of hydrogen-bond donors (Lipinski definition) is 0. The predicted octanol–water partition coefficient (Wildman–Crippen LogP) is 3.07. The van der Waals surface area contributed by atoms with Gasteiger partial charge >= 0.3 is 5.97 Å². The Balaban J connectivity index is 2.43. The molecule has 0 N–H and O–H groups in total. The van der Waals surface area contributed by atoms with Crippen LogP contribution in [0.1, 0.15) is 33.6 Å². The first kappa shape index (κ1) is 13.8. The minimum atomic E-state index is -0.386. The number of carbonyl (C=O) groups is 1. The molecule has 0 aromatic rings. The standard InChI is InChI=1S/C14H22O3/c1-11-5-6-12(14(2,3)9-11)10-17-8-7-13(15)16-4/h7-9,12H,5-6,10H2,1-4H3/b8-7+/t12-/m0/s1. The van der Waals surface area contributed by atoms with E-state index in [1.807, 2.05) is 0 Å². The molecule has 1 rings (SSSR count). The Morgan fingerprint density at radius 1 is 1.59 bits per heavy atom. The summed E-state index contributed by atoms with van der Waals surface area (Å²) in [6, 6.07) is 0. The van der Waals surface area contributed by atoms with Crippen LogP contribution in [0.4, 0.5) is 0 Å². The van der Waals surface area contributed by atoms with E-state index in [9.17, 15) is 4.79 Å². The zero-order valence-electron chi connectivity index (χ0n) is 11.2. The van der Waals surface area contributed by atoms with Crippen LogP contribution in [0.5, 0.6) is 0 Å². The van der Waals surface area contributed by atoms with Gasteiger partial charge in [-0.15, -0.1) is 0 Å². The highest BCUT2D eigenvalue weighted by Gasteiger charge is 2.30. The molecule has 0 spiro atoms. The second kappa shape index (κ2) is 5.89. The minimum absolute atomic E-state index is 0.168. The van der Waals surface area contributed by atoms with Gasteiger partial charge < -0.3 is 9.47 Å². The van der Waals surface area contributed by atoms with Crippen molar-refractivity contribution in [3.63, 3.8) is 0 Å². The molecule has 17 heavy (non-hydrogen) atoms. The van der Waals surface area contributed by atoms with E-state index in [4.69, 9.17) is 4.74 Å². The van der Waals surface area contributed by atoms with Gasteiger partial charge in [0.25, 0.3) is 0 Å². The molecule has 1 aliphatic rings. The van der Waals surface area contributed by atoms with Gasteiger partial charge in [-0.05, 0) is 25.2 Å². The summed E-state index contributed by atoms with van der Waals surface area (Å²) in [5.74, 6) is 0.108. The van der Waals surface area contributed by atoms with Crippen molar-refractivity contribution in [1.82, 2.24) is 0 Å². The lowest BCUT2D eigenvalue weighted by Gasteiger charge is -2.35. The lowest BCUT2D eigenvalue weighted by atomic mass is 9.71. The van der Waals surface area contributed by atoms with Crippen LogP contribution in [0.25, 0.3) is 0 Å². The van der Waals surface area contributed by atoms with Crippen LogP contribution in [0, 0.1) is 11.3 Å². The summed E-state index contributed by atoms with van der Waals surface area (Å²) in [5.41, 5.74) is 1.62. The van der Waals surface area contributed by atoms with Crippen molar-refractivity contribution >= 4 is 5.97 Å². The molecule has 0 amide bonds. The zero-order valence-corrected chi connectivity index (χ0v) is 11.2. The maximum Gasteiger partial charge on any atom is 0.333 e. The third-order valence-corrected chi connectivity index (χ3v) is 3.36. The number of methoxy groups -OCH3 is 1. The maximum atomic E-state index is 10.8. The first-order valence-electron chi connectivity index (χ1n) is 6.00. The van der Waals surface area contributed by atoms with Crippen molar-refractivity contribution in [1.29, 1.82) is 0 Å². The molecule has 0 aromatic carbocycles. The van der Waals surface area contributed by atoms with Gasteiger partial charge in [0.15, 0.2) is 0 Å². The van der Waals surface area contributed by atoms with Gasteiger partial charge in [-0.3, -0.25) is 0 Å². The number of carbonyl (C=O) groups excluding carboxylic acids is 1. The van der Waals surface area contributed by atoms with Crippen LogP contribution in [-0.2, 0) is 14.3 Å². The van der Waals surface area contributed by atoms with E-state index in [1.54, 1.807) is 0 Å². The first-order valence-corrected chi connectivity index (χ1v) is 6.00. The molecule has 96 valence electrons. The monoisotopic (exact) mass is 238 g/mol. The van der Waals surface area contributed by atoms with Crippen molar-refractivity contribution in [2.75, 3.05) is 13.7 Å². The van der Waals surface area contributed by atoms with Gasteiger partial charge in [0.1, 0.15) is 0 Å².